The summed E-state index contributed by atoms with van der Waals surface area (Å²) in [4.78, 5) is 23.7. The van der Waals surface area contributed by atoms with Crippen molar-refractivity contribution in [1.82, 2.24) is 5.32 Å². The molecule has 9 heteroatoms. The SMILES string of the molecule is CC[C@H](CO)NC(=O)c1ccc(N2N=C(C(F)(F)F)CC2=O)cc1. The van der Waals surface area contributed by atoms with Gasteiger partial charge in [0.05, 0.1) is 24.8 Å². The zero-order valence-electron chi connectivity index (χ0n) is 12.8. The van der Waals surface area contributed by atoms with Crippen molar-refractivity contribution < 1.29 is 27.9 Å². The lowest BCUT2D eigenvalue weighted by atomic mass is 10.1. The van der Waals surface area contributed by atoms with E-state index in [2.05, 4.69) is 10.4 Å². The Morgan fingerprint density at radius 2 is 2.00 bits per heavy atom. The van der Waals surface area contributed by atoms with Gasteiger partial charge in [-0.25, -0.2) is 5.01 Å². The van der Waals surface area contributed by atoms with Crippen LogP contribution in [0.25, 0.3) is 0 Å². The van der Waals surface area contributed by atoms with Gasteiger partial charge in [0.2, 0.25) is 0 Å². The average Bonchev–Trinajstić information content (AvgIpc) is 2.94. The summed E-state index contributed by atoms with van der Waals surface area (Å²) in [6.07, 6.45) is -4.90. The number of halogens is 3. The number of aliphatic hydroxyl groups excluding tert-OH is 1. The minimum absolute atomic E-state index is 0.144. The number of alkyl halides is 3. The van der Waals surface area contributed by atoms with Crippen molar-refractivity contribution in [1.29, 1.82) is 0 Å². The predicted octanol–water partition coefficient (Wildman–Crippen LogP) is 1.84. The number of amides is 2. The van der Waals surface area contributed by atoms with Gasteiger partial charge in [-0.2, -0.15) is 18.3 Å². The maximum Gasteiger partial charge on any atom is 0.431 e. The largest absolute Gasteiger partial charge is 0.431 e. The Balaban J connectivity index is 2.14. The zero-order chi connectivity index (χ0) is 17.9. The molecule has 1 aliphatic heterocycles. The van der Waals surface area contributed by atoms with Crippen LogP contribution in [0.1, 0.15) is 30.1 Å². The van der Waals surface area contributed by atoms with Gasteiger partial charge in [0, 0.05) is 5.56 Å². The van der Waals surface area contributed by atoms with E-state index in [0.29, 0.717) is 11.4 Å². The smallest absolute Gasteiger partial charge is 0.394 e. The van der Waals surface area contributed by atoms with E-state index in [4.69, 9.17) is 5.11 Å². The molecule has 1 aromatic rings. The van der Waals surface area contributed by atoms with Crippen molar-refractivity contribution in [2.45, 2.75) is 32.0 Å². The van der Waals surface area contributed by atoms with Crippen LogP contribution in [0, 0.1) is 0 Å². The number of anilines is 1. The van der Waals surface area contributed by atoms with Gasteiger partial charge in [0.1, 0.15) is 0 Å². The summed E-state index contributed by atoms with van der Waals surface area (Å²) in [5.74, 6) is -1.21. The minimum atomic E-state index is -4.65. The second-order valence-electron chi connectivity index (χ2n) is 5.23. The molecule has 0 aromatic heterocycles. The Morgan fingerprint density at radius 1 is 1.38 bits per heavy atom. The van der Waals surface area contributed by atoms with Gasteiger partial charge in [-0.15, -0.1) is 0 Å². The van der Waals surface area contributed by atoms with E-state index >= 15 is 0 Å². The van der Waals surface area contributed by atoms with Crippen LogP contribution in [0.15, 0.2) is 29.4 Å². The standard InChI is InChI=1S/C15H16F3N3O3/c1-2-10(8-22)19-14(24)9-3-5-11(6-4-9)21-13(23)7-12(20-21)15(16,17)18/h3-6,10,22H,2,7-8H2,1H3,(H,19,24)/t10-/m1/s1. The molecular formula is C15H16F3N3O3. The third-order valence-corrected chi connectivity index (χ3v) is 3.53. The first-order valence-corrected chi connectivity index (χ1v) is 7.25. The van der Waals surface area contributed by atoms with Crippen molar-refractivity contribution in [3.63, 3.8) is 0 Å². The number of carbonyl (C=O) groups excluding carboxylic acids is 2. The van der Waals surface area contributed by atoms with Crippen molar-refractivity contribution in [3.8, 4) is 0 Å². The molecule has 0 radical (unpaired) electrons. The fourth-order valence-corrected chi connectivity index (χ4v) is 2.09. The Morgan fingerprint density at radius 3 is 2.46 bits per heavy atom. The molecular weight excluding hydrogens is 327 g/mol. The van der Waals surface area contributed by atoms with E-state index < -0.39 is 30.1 Å². The highest BCUT2D eigenvalue weighted by Crippen LogP contribution is 2.28. The van der Waals surface area contributed by atoms with E-state index in [1.807, 2.05) is 0 Å². The molecule has 2 rings (SSSR count). The Bertz CT molecular complexity index is 652. The minimum Gasteiger partial charge on any atom is -0.394 e. The van der Waals surface area contributed by atoms with Gasteiger partial charge in [0.15, 0.2) is 5.71 Å². The number of carbonyl (C=O) groups is 2. The number of nitrogens with zero attached hydrogens (tertiary/aromatic N) is 2. The third kappa shape index (κ3) is 3.91. The normalized spacial score (nSPS) is 16.1. The molecule has 0 saturated heterocycles. The maximum absolute atomic E-state index is 12.6. The summed E-state index contributed by atoms with van der Waals surface area (Å²) < 4.78 is 37.8. The molecule has 0 saturated carbocycles. The molecule has 6 nitrogen and oxygen atoms in total. The summed E-state index contributed by atoms with van der Waals surface area (Å²) in [5.41, 5.74) is -0.745. The summed E-state index contributed by atoms with van der Waals surface area (Å²) in [6, 6.07) is 5.06. The first kappa shape index (κ1) is 17.9. The average molecular weight is 343 g/mol. The third-order valence-electron chi connectivity index (χ3n) is 3.53. The highest BCUT2D eigenvalue weighted by atomic mass is 19.4. The molecule has 1 aliphatic rings. The molecule has 0 bridgehead atoms. The molecule has 2 N–H and O–H groups in total. The topological polar surface area (TPSA) is 82.0 Å². The summed E-state index contributed by atoms with van der Waals surface area (Å²) in [6.45, 7) is 1.61. The summed E-state index contributed by atoms with van der Waals surface area (Å²) in [5, 5.41) is 15.7. The molecule has 0 spiro atoms. The van der Waals surface area contributed by atoms with Crippen LogP contribution in [0.4, 0.5) is 18.9 Å². The number of hydrogen-bond acceptors (Lipinski definition) is 4. The Labute approximate surface area is 135 Å². The number of hydrazone groups is 1. The first-order chi connectivity index (χ1) is 11.3. The maximum atomic E-state index is 12.6. The highest BCUT2D eigenvalue weighted by Gasteiger charge is 2.42. The van der Waals surface area contributed by atoms with Gasteiger partial charge in [-0.1, -0.05) is 6.92 Å². The van der Waals surface area contributed by atoms with E-state index in [0.717, 1.165) is 0 Å². The van der Waals surface area contributed by atoms with Gasteiger partial charge in [0.25, 0.3) is 11.8 Å². The van der Waals surface area contributed by atoms with E-state index in [1.54, 1.807) is 6.92 Å². The number of aliphatic hydroxyl groups is 1. The van der Waals surface area contributed by atoms with E-state index in [-0.39, 0.29) is 23.9 Å². The van der Waals surface area contributed by atoms with Gasteiger partial charge in [-0.05, 0) is 30.7 Å². The van der Waals surface area contributed by atoms with Crippen LogP contribution in [-0.4, -0.2) is 41.5 Å². The number of rotatable bonds is 5. The molecule has 0 unspecified atom stereocenters. The van der Waals surface area contributed by atoms with E-state index in [9.17, 15) is 22.8 Å². The van der Waals surface area contributed by atoms with Gasteiger partial charge < -0.3 is 10.4 Å². The quantitative estimate of drug-likeness (QED) is 0.856. The predicted molar refractivity (Wildman–Crippen MR) is 80.7 cm³/mol. The van der Waals surface area contributed by atoms with Crippen LogP contribution >= 0.6 is 0 Å². The molecule has 24 heavy (non-hydrogen) atoms. The number of benzene rings is 1. The fourth-order valence-electron chi connectivity index (χ4n) is 2.09. The van der Waals surface area contributed by atoms with Crippen LogP contribution in [0.3, 0.4) is 0 Å². The molecule has 2 amide bonds. The molecule has 130 valence electrons. The second-order valence-corrected chi connectivity index (χ2v) is 5.23. The van der Waals surface area contributed by atoms with Crippen LogP contribution in [-0.2, 0) is 4.79 Å². The highest BCUT2D eigenvalue weighted by molar-refractivity contribution is 6.14. The molecule has 0 aliphatic carbocycles. The zero-order valence-corrected chi connectivity index (χ0v) is 12.8. The van der Waals surface area contributed by atoms with Crippen LogP contribution < -0.4 is 10.3 Å². The molecule has 1 aromatic carbocycles. The van der Waals surface area contributed by atoms with Crippen molar-refractivity contribution >= 4 is 23.2 Å². The lowest BCUT2D eigenvalue weighted by Crippen LogP contribution is -2.36. The molecule has 0 fully saturated rings. The summed E-state index contributed by atoms with van der Waals surface area (Å²) >= 11 is 0. The van der Waals surface area contributed by atoms with E-state index in [1.165, 1.54) is 24.3 Å². The second kappa shape index (κ2) is 7.00. The summed E-state index contributed by atoms with van der Waals surface area (Å²) in [7, 11) is 0. The number of hydrogen-bond donors (Lipinski definition) is 2. The fraction of sp³-hybridized carbons (Fsp3) is 0.400. The van der Waals surface area contributed by atoms with Gasteiger partial charge >= 0.3 is 6.18 Å². The lowest BCUT2D eigenvalue weighted by Gasteiger charge is -2.15. The Hall–Kier alpha value is -2.42. The first-order valence-electron chi connectivity index (χ1n) is 7.25. The Kier molecular flexibility index (Phi) is 5.23. The van der Waals surface area contributed by atoms with Crippen LogP contribution in [0.5, 0.6) is 0 Å². The van der Waals surface area contributed by atoms with Gasteiger partial charge in [-0.3, -0.25) is 9.59 Å². The molecule has 1 atom stereocenters. The van der Waals surface area contributed by atoms with Crippen LogP contribution in [0.2, 0.25) is 0 Å². The van der Waals surface area contributed by atoms with Crippen molar-refractivity contribution in [3.05, 3.63) is 29.8 Å². The molecule has 1 heterocycles. The number of nitrogens with one attached hydrogen (secondary N) is 1. The van der Waals surface area contributed by atoms with Crippen molar-refractivity contribution in [2.24, 2.45) is 5.10 Å². The monoisotopic (exact) mass is 343 g/mol. The lowest BCUT2D eigenvalue weighted by molar-refractivity contribution is -0.117. The van der Waals surface area contributed by atoms with Crippen molar-refractivity contribution in [2.75, 3.05) is 11.6 Å².